The number of rotatable bonds is 5. The minimum atomic E-state index is -3.63. The molecule has 0 heterocycles. The number of halogens is 1. The van der Waals surface area contributed by atoms with E-state index in [0.29, 0.717) is 5.69 Å². The summed E-state index contributed by atoms with van der Waals surface area (Å²) in [6.45, 7) is 7.76. The highest BCUT2D eigenvalue weighted by atomic mass is 79.9. The number of sulfonamides is 1. The summed E-state index contributed by atoms with van der Waals surface area (Å²) in [5.74, 6) is 0. The normalized spacial score (nSPS) is 11.2. The van der Waals surface area contributed by atoms with E-state index >= 15 is 0 Å². The number of hydrogen-bond donors (Lipinski definition) is 0. The van der Waals surface area contributed by atoms with Gasteiger partial charge in [-0.1, -0.05) is 34.1 Å². The van der Waals surface area contributed by atoms with Gasteiger partial charge in [0.15, 0.2) is 0 Å². The number of aryl methyl sites for hydroxylation is 2. The minimum absolute atomic E-state index is 0.225. The smallest absolute Gasteiger partial charge is 0.262 e. The molecule has 0 unspecified atom stereocenters. The summed E-state index contributed by atoms with van der Waals surface area (Å²) in [5.41, 5.74) is 2.61. The maximum absolute atomic E-state index is 13.0. The third-order valence-electron chi connectivity index (χ3n) is 3.33. The highest BCUT2D eigenvalue weighted by molar-refractivity contribution is 9.10. The Hall–Kier alpha value is -1.59. The summed E-state index contributed by atoms with van der Waals surface area (Å²) in [6.07, 6.45) is 1.60. The molecule has 0 aliphatic heterocycles. The molecule has 0 aromatic heterocycles. The minimum Gasteiger partial charge on any atom is -0.262 e. The summed E-state index contributed by atoms with van der Waals surface area (Å²) in [4.78, 5) is 0.262. The summed E-state index contributed by atoms with van der Waals surface area (Å²) in [7, 11) is -3.63. The van der Waals surface area contributed by atoms with E-state index in [1.807, 2.05) is 32.0 Å². The fraction of sp³-hybridized carbons (Fsp3) is 0.176. The van der Waals surface area contributed by atoms with Crippen LogP contribution in [0.5, 0.6) is 0 Å². The predicted octanol–water partition coefficient (Wildman–Crippen LogP) is 4.45. The number of benzene rings is 2. The summed E-state index contributed by atoms with van der Waals surface area (Å²) >= 11 is 3.32. The monoisotopic (exact) mass is 379 g/mol. The molecule has 0 fully saturated rings. The second kappa shape index (κ2) is 6.67. The Morgan fingerprint density at radius 3 is 2.36 bits per heavy atom. The van der Waals surface area contributed by atoms with Crippen LogP contribution in [0.25, 0.3) is 0 Å². The van der Waals surface area contributed by atoms with Gasteiger partial charge in [-0.3, -0.25) is 4.31 Å². The van der Waals surface area contributed by atoms with Gasteiger partial charge in [0.1, 0.15) is 0 Å². The Balaban J connectivity index is 2.57. The lowest BCUT2D eigenvalue weighted by Crippen LogP contribution is -2.31. The standard InChI is InChI=1S/C17H18BrNO2S/c1-4-11-19(17-12-13(2)5-6-14(17)3)22(20,21)16-9-7-15(18)8-10-16/h4-10,12H,1,11H2,2-3H3. The molecule has 0 atom stereocenters. The Morgan fingerprint density at radius 1 is 1.14 bits per heavy atom. The Bertz CT molecular complexity index is 783. The molecule has 0 bridgehead atoms. The molecule has 0 aliphatic carbocycles. The van der Waals surface area contributed by atoms with Crippen molar-refractivity contribution in [3.63, 3.8) is 0 Å². The lowest BCUT2D eigenvalue weighted by molar-refractivity contribution is 0.592. The van der Waals surface area contributed by atoms with Gasteiger partial charge in [-0.05, 0) is 55.3 Å². The van der Waals surface area contributed by atoms with Crippen LogP contribution in [0.4, 0.5) is 5.69 Å². The van der Waals surface area contributed by atoms with E-state index in [-0.39, 0.29) is 11.4 Å². The van der Waals surface area contributed by atoms with E-state index in [2.05, 4.69) is 22.5 Å². The summed E-state index contributed by atoms with van der Waals surface area (Å²) in [5, 5.41) is 0. The molecule has 0 radical (unpaired) electrons. The molecule has 116 valence electrons. The van der Waals surface area contributed by atoms with E-state index in [9.17, 15) is 8.42 Å². The van der Waals surface area contributed by atoms with Gasteiger partial charge in [0.05, 0.1) is 17.1 Å². The molecule has 5 heteroatoms. The third-order valence-corrected chi connectivity index (χ3v) is 5.65. The molecule has 2 rings (SSSR count). The van der Waals surface area contributed by atoms with Crippen LogP contribution < -0.4 is 4.31 Å². The van der Waals surface area contributed by atoms with Gasteiger partial charge in [0, 0.05) is 4.47 Å². The fourth-order valence-electron chi connectivity index (χ4n) is 2.17. The first kappa shape index (κ1) is 16.8. The zero-order chi connectivity index (χ0) is 16.3. The van der Waals surface area contributed by atoms with Crippen LogP contribution in [0.15, 0.2) is 64.5 Å². The molecule has 0 N–H and O–H groups in total. The molecule has 3 nitrogen and oxygen atoms in total. The second-order valence-corrected chi connectivity index (χ2v) is 7.85. The lowest BCUT2D eigenvalue weighted by Gasteiger charge is -2.25. The van der Waals surface area contributed by atoms with Crippen molar-refractivity contribution in [1.82, 2.24) is 0 Å². The first-order valence-electron chi connectivity index (χ1n) is 6.82. The predicted molar refractivity (Wildman–Crippen MR) is 94.8 cm³/mol. The molecular formula is C17H18BrNO2S. The molecule has 22 heavy (non-hydrogen) atoms. The maximum Gasteiger partial charge on any atom is 0.264 e. The van der Waals surface area contributed by atoms with Crippen molar-refractivity contribution < 1.29 is 8.42 Å². The maximum atomic E-state index is 13.0. The fourth-order valence-corrected chi connectivity index (χ4v) is 3.92. The van der Waals surface area contributed by atoms with Crippen LogP contribution in [0.1, 0.15) is 11.1 Å². The summed E-state index contributed by atoms with van der Waals surface area (Å²) in [6, 6.07) is 12.4. The van der Waals surface area contributed by atoms with E-state index in [0.717, 1.165) is 15.6 Å². The molecule has 0 aliphatic rings. The van der Waals surface area contributed by atoms with Gasteiger partial charge < -0.3 is 0 Å². The van der Waals surface area contributed by atoms with E-state index in [4.69, 9.17) is 0 Å². The topological polar surface area (TPSA) is 37.4 Å². The van der Waals surface area contributed by atoms with Gasteiger partial charge in [0.2, 0.25) is 0 Å². The first-order valence-corrected chi connectivity index (χ1v) is 9.06. The molecular weight excluding hydrogens is 362 g/mol. The highest BCUT2D eigenvalue weighted by Crippen LogP contribution is 2.28. The highest BCUT2D eigenvalue weighted by Gasteiger charge is 2.25. The number of hydrogen-bond acceptors (Lipinski definition) is 2. The SMILES string of the molecule is C=CCN(c1cc(C)ccc1C)S(=O)(=O)c1ccc(Br)cc1. The van der Waals surface area contributed by atoms with Gasteiger partial charge in [-0.15, -0.1) is 6.58 Å². The van der Waals surface area contributed by atoms with Crippen molar-refractivity contribution in [2.75, 3.05) is 10.8 Å². The molecule has 0 saturated heterocycles. The van der Waals surface area contributed by atoms with Crippen LogP contribution in [0, 0.1) is 13.8 Å². The van der Waals surface area contributed by atoms with Crippen LogP contribution in [-0.4, -0.2) is 15.0 Å². The van der Waals surface area contributed by atoms with Crippen LogP contribution in [0.2, 0.25) is 0 Å². The van der Waals surface area contributed by atoms with Crippen molar-refractivity contribution in [3.8, 4) is 0 Å². The van der Waals surface area contributed by atoms with Gasteiger partial charge in [-0.25, -0.2) is 8.42 Å². The van der Waals surface area contributed by atoms with Crippen LogP contribution in [-0.2, 0) is 10.0 Å². The third kappa shape index (κ3) is 3.42. The van der Waals surface area contributed by atoms with Crippen LogP contribution in [0.3, 0.4) is 0 Å². The number of anilines is 1. The zero-order valence-electron chi connectivity index (χ0n) is 12.6. The van der Waals surface area contributed by atoms with E-state index < -0.39 is 10.0 Å². The van der Waals surface area contributed by atoms with Gasteiger partial charge in [-0.2, -0.15) is 0 Å². The largest absolute Gasteiger partial charge is 0.264 e. The molecule has 0 saturated carbocycles. The second-order valence-electron chi connectivity index (χ2n) is 5.07. The Morgan fingerprint density at radius 2 is 1.77 bits per heavy atom. The van der Waals surface area contributed by atoms with Crippen molar-refractivity contribution in [2.24, 2.45) is 0 Å². The van der Waals surface area contributed by atoms with Crippen molar-refractivity contribution in [3.05, 3.63) is 70.7 Å². The van der Waals surface area contributed by atoms with Gasteiger partial charge >= 0.3 is 0 Å². The van der Waals surface area contributed by atoms with Crippen molar-refractivity contribution in [1.29, 1.82) is 0 Å². The van der Waals surface area contributed by atoms with Crippen LogP contribution >= 0.6 is 15.9 Å². The van der Waals surface area contributed by atoms with E-state index in [1.54, 1.807) is 30.3 Å². The number of nitrogens with zero attached hydrogens (tertiary/aromatic N) is 1. The Labute approximate surface area is 140 Å². The first-order chi connectivity index (χ1) is 10.4. The lowest BCUT2D eigenvalue weighted by atomic mass is 10.1. The van der Waals surface area contributed by atoms with Gasteiger partial charge in [0.25, 0.3) is 10.0 Å². The molecule has 0 spiro atoms. The van der Waals surface area contributed by atoms with Crippen molar-refractivity contribution >= 4 is 31.6 Å². The summed E-state index contributed by atoms with van der Waals surface area (Å²) < 4.78 is 28.2. The average molecular weight is 380 g/mol. The molecule has 2 aromatic carbocycles. The van der Waals surface area contributed by atoms with E-state index in [1.165, 1.54) is 4.31 Å². The molecule has 2 aromatic rings. The zero-order valence-corrected chi connectivity index (χ0v) is 15.0. The quantitative estimate of drug-likeness (QED) is 0.719. The average Bonchev–Trinajstić information content (AvgIpc) is 2.48. The Kier molecular flexibility index (Phi) is 5.08. The van der Waals surface area contributed by atoms with Crippen molar-refractivity contribution in [2.45, 2.75) is 18.7 Å². The molecule has 0 amide bonds.